The van der Waals surface area contributed by atoms with Crippen molar-refractivity contribution in [2.24, 2.45) is 0 Å². The molecule has 1 fully saturated rings. The maximum absolute atomic E-state index is 14.0. The van der Waals surface area contributed by atoms with Crippen molar-refractivity contribution in [1.29, 1.82) is 0 Å². The summed E-state index contributed by atoms with van der Waals surface area (Å²) in [6.45, 7) is 9.19. The summed E-state index contributed by atoms with van der Waals surface area (Å²) in [6, 6.07) is 12.9. The number of rotatable bonds is 9. The van der Waals surface area contributed by atoms with Gasteiger partial charge in [0.2, 0.25) is 5.91 Å². The summed E-state index contributed by atoms with van der Waals surface area (Å²) in [7, 11) is 1.44. The van der Waals surface area contributed by atoms with Gasteiger partial charge in [-0.3, -0.25) is 9.69 Å². The Bertz CT molecular complexity index is 869. The van der Waals surface area contributed by atoms with Crippen LogP contribution < -0.4 is 14.4 Å². The molecule has 0 saturated carbocycles. The largest absolute Gasteiger partial charge is 0.494 e. The second-order valence-electron chi connectivity index (χ2n) is 7.54. The van der Waals surface area contributed by atoms with Crippen molar-refractivity contribution < 1.29 is 18.7 Å². The molecule has 0 bridgehead atoms. The molecule has 0 spiro atoms. The standard InChI is InChI=1S/C24H32FN3O3/c1-4-27(17-19-10-11-22(30-3)20(25)16-19)24(29)18-26-12-14-28(15-13-26)21-8-6-7-9-23(21)31-5-2/h6-11,16H,4-5,12-15,17-18H2,1-3H3. The van der Waals surface area contributed by atoms with E-state index >= 15 is 0 Å². The number of amides is 1. The predicted octanol–water partition coefficient (Wildman–Crippen LogP) is 3.40. The van der Waals surface area contributed by atoms with E-state index in [-0.39, 0.29) is 11.7 Å². The van der Waals surface area contributed by atoms with Gasteiger partial charge in [-0.05, 0) is 43.7 Å². The third-order valence-electron chi connectivity index (χ3n) is 5.56. The number of likely N-dealkylation sites (N-methyl/N-ethyl adjacent to an activating group) is 1. The molecule has 3 rings (SSSR count). The molecule has 1 saturated heterocycles. The molecule has 0 unspecified atom stereocenters. The zero-order valence-electron chi connectivity index (χ0n) is 18.6. The van der Waals surface area contributed by atoms with E-state index < -0.39 is 5.82 Å². The lowest BCUT2D eigenvalue weighted by Gasteiger charge is -2.37. The number of hydrogen-bond donors (Lipinski definition) is 0. The molecule has 0 aliphatic carbocycles. The Morgan fingerprint density at radius 2 is 1.81 bits per heavy atom. The van der Waals surface area contributed by atoms with Crippen molar-refractivity contribution in [2.75, 3.05) is 57.9 Å². The van der Waals surface area contributed by atoms with Crippen LogP contribution in [0.4, 0.5) is 10.1 Å². The minimum Gasteiger partial charge on any atom is -0.494 e. The van der Waals surface area contributed by atoms with E-state index in [4.69, 9.17) is 9.47 Å². The molecule has 0 aromatic heterocycles. The van der Waals surface area contributed by atoms with Gasteiger partial charge in [0, 0.05) is 39.3 Å². The molecule has 2 aromatic rings. The fraction of sp³-hybridized carbons (Fsp3) is 0.458. The lowest BCUT2D eigenvalue weighted by Crippen LogP contribution is -2.50. The van der Waals surface area contributed by atoms with E-state index in [1.54, 1.807) is 17.0 Å². The molecule has 0 radical (unpaired) electrons. The molecular formula is C24H32FN3O3. The molecule has 1 aliphatic rings. The van der Waals surface area contributed by atoms with Crippen LogP contribution in [0.15, 0.2) is 42.5 Å². The Balaban J connectivity index is 1.54. The van der Waals surface area contributed by atoms with Crippen molar-refractivity contribution in [3.8, 4) is 11.5 Å². The van der Waals surface area contributed by atoms with Crippen molar-refractivity contribution in [2.45, 2.75) is 20.4 Å². The smallest absolute Gasteiger partial charge is 0.237 e. The lowest BCUT2D eigenvalue weighted by molar-refractivity contribution is -0.132. The van der Waals surface area contributed by atoms with Gasteiger partial charge in [0.1, 0.15) is 5.75 Å². The topological polar surface area (TPSA) is 45.2 Å². The van der Waals surface area contributed by atoms with Crippen LogP contribution in [0.5, 0.6) is 11.5 Å². The molecule has 7 heteroatoms. The lowest BCUT2D eigenvalue weighted by atomic mass is 10.2. The van der Waals surface area contributed by atoms with Gasteiger partial charge in [0.15, 0.2) is 11.6 Å². The van der Waals surface area contributed by atoms with E-state index in [9.17, 15) is 9.18 Å². The molecule has 2 aromatic carbocycles. The molecule has 0 N–H and O–H groups in total. The molecule has 1 aliphatic heterocycles. The molecule has 168 valence electrons. The summed E-state index contributed by atoms with van der Waals surface area (Å²) in [4.78, 5) is 19.1. The summed E-state index contributed by atoms with van der Waals surface area (Å²) < 4.78 is 24.7. The number of carbonyl (C=O) groups is 1. The highest BCUT2D eigenvalue weighted by Gasteiger charge is 2.23. The van der Waals surface area contributed by atoms with Gasteiger partial charge < -0.3 is 19.3 Å². The highest BCUT2D eigenvalue weighted by atomic mass is 19.1. The van der Waals surface area contributed by atoms with Crippen LogP contribution >= 0.6 is 0 Å². The third-order valence-corrected chi connectivity index (χ3v) is 5.56. The SMILES string of the molecule is CCOc1ccccc1N1CCN(CC(=O)N(CC)Cc2ccc(OC)c(F)c2)CC1. The number of para-hydroxylation sites is 2. The van der Waals surface area contributed by atoms with Crippen molar-refractivity contribution in [3.63, 3.8) is 0 Å². The van der Waals surface area contributed by atoms with Crippen LogP contribution in [0, 0.1) is 5.82 Å². The summed E-state index contributed by atoms with van der Waals surface area (Å²) in [5, 5.41) is 0. The minimum atomic E-state index is -0.410. The number of benzene rings is 2. The van der Waals surface area contributed by atoms with E-state index in [1.165, 1.54) is 13.2 Å². The first-order valence-electron chi connectivity index (χ1n) is 10.8. The van der Waals surface area contributed by atoms with E-state index in [0.29, 0.717) is 26.2 Å². The summed E-state index contributed by atoms with van der Waals surface area (Å²) in [6.07, 6.45) is 0. The van der Waals surface area contributed by atoms with Gasteiger partial charge in [0.05, 0.1) is 25.9 Å². The molecule has 1 heterocycles. The summed E-state index contributed by atoms with van der Waals surface area (Å²) in [5.74, 6) is 0.758. The Morgan fingerprint density at radius 1 is 1.06 bits per heavy atom. The number of halogens is 1. The molecular weight excluding hydrogens is 397 g/mol. The van der Waals surface area contributed by atoms with Crippen LogP contribution in [0.25, 0.3) is 0 Å². The van der Waals surface area contributed by atoms with Gasteiger partial charge in [0.25, 0.3) is 0 Å². The Labute approximate surface area is 184 Å². The van der Waals surface area contributed by atoms with Crippen molar-refractivity contribution in [3.05, 3.63) is 53.8 Å². The first kappa shape index (κ1) is 22.9. The van der Waals surface area contributed by atoms with E-state index in [2.05, 4.69) is 15.9 Å². The Kier molecular flexibility index (Phi) is 8.12. The second kappa shape index (κ2) is 11.0. The van der Waals surface area contributed by atoms with Crippen molar-refractivity contribution >= 4 is 11.6 Å². The third kappa shape index (κ3) is 5.88. The highest BCUT2D eigenvalue weighted by Crippen LogP contribution is 2.28. The monoisotopic (exact) mass is 429 g/mol. The number of hydrogen-bond acceptors (Lipinski definition) is 5. The number of piperazine rings is 1. The minimum absolute atomic E-state index is 0.0573. The fourth-order valence-electron chi connectivity index (χ4n) is 3.84. The Morgan fingerprint density at radius 3 is 2.45 bits per heavy atom. The number of anilines is 1. The quantitative estimate of drug-likeness (QED) is 0.611. The summed E-state index contributed by atoms with van der Waals surface area (Å²) >= 11 is 0. The average Bonchev–Trinajstić information content (AvgIpc) is 2.78. The Hall–Kier alpha value is -2.80. The van der Waals surface area contributed by atoms with Gasteiger partial charge in [-0.25, -0.2) is 4.39 Å². The maximum atomic E-state index is 14.0. The van der Waals surface area contributed by atoms with Crippen LogP contribution in [0.2, 0.25) is 0 Å². The van der Waals surface area contributed by atoms with Gasteiger partial charge in [-0.15, -0.1) is 0 Å². The fourth-order valence-corrected chi connectivity index (χ4v) is 3.84. The normalized spacial score (nSPS) is 14.4. The van der Waals surface area contributed by atoms with Gasteiger partial charge >= 0.3 is 0 Å². The first-order valence-corrected chi connectivity index (χ1v) is 10.8. The van der Waals surface area contributed by atoms with Crippen molar-refractivity contribution in [1.82, 2.24) is 9.80 Å². The van der Waals surface area contributed by atoms with Crippen LogP contribution in [0.3, 0.4) is 0 Å². The predicted molar refractivity (Wildman–Crippen MR) is 120 cm³/mol. The maximum Gasteiger partial charge on any atom is 0.237 e. The first-order chi connectivity index (χ1) is 15.0. The van der Waals surface area contributed by atoms with Crippen LogP contribution in [-0.4, -0.2) is 68.7 Å². The van der Waals surface area contributed by atoms with Gasteiger partial charge in [-0.1, -0.05) is 18.2 Å². The average molecular weight is 430 g/mol. The summed E-state index contributed by atoms with van der Waals surface area (Å²) in [5.41, 5.74) is 1.86. The zero-order chi connectivity index (χ0) is 22.2. The molecule has 6 nitrogen and oxygen atoms in total. The second-order valence-corrected chi connectivity index (χ2v) is 7.54. The van der Waals surface area contributed by atoms with E-state index in [1.807, 2.05) is 32.0 Å². The molecule has 0 atom stereocenters. The number of methoxy groups -OCH3 is 1. The van der Waals surface area contributed by atoms with Gasteiger partial charge in [-0.2, -0.15) is 0 Å². The van der Waals surface area contributed by atoms with Crippen LogP contribution in [0.1, 0.15) is 19.4 Å². The number of carbonyl (C=O) groups excluding carboxylic acids is 1. The van der Waals surface area contributed by atoms with Crippen LogP contribution in [-0.2, 0) is 11.3 Å². The number of ether oxygens (including phenoxy) is 2. The van der Waals surface area contributed by atoms with E-state index in [0.717, 1.165) is 43.2 Å². The number of nitrogens with zero attached hydrogens (tertiary/aromatic N) is 3. The molecule has 31 heavy (non-hydrogen) atoms. The molecule has 1 amide bonds. The zero-order valence-corrected chi connectivity index (χ0v) is 18.6. The highest BCUT2D eigenvalue weighted by molar-refractivity contribution is 5.78.